The van der Waals surface area contributed by atoms with Crippen LogP contribution in [0.3, 0.4) is 0 Å². The van der Waals surface area contributed by atoms with Gasteiger partial charge in [-0.15, -0.1) is 0 Å². The molecule has 0 radical (unpaired) electrons. The summed E-state index contributed by atoms with van der Waals surface area (Å²) in [6.07, 6.45) is 2.77. The van der Waals surface area contributed by atoms with Crippen molar-refractivity contribution in [1.82, 2.24) is 10.3 Å². The molecule has 1 rings (SSSR count). The first-order chi connectivity index (χ1) is 8.06. The molecular weight excluding hydrogens is 224 g/mol. The number of hydrogen-bond acceptors (Lipinski definition) is 4. The summed E-state index contributed by atoms with van der Waals surface area (Å²) in [5.74, 6) is -0.788. The molecule has 7 heteroatoms. The minimum Gasteiger partial charge on any atom is -0.409 e. The van der Waals surface area contributed by atoms with Crippen molar-refractivity contribution in [3.05, 3.63) is 34.2 Å². The highest BCUT2D eigenvalue weighted by Gasteiger charge is 2.12. The van der Waals surface area contributed by atoms with Gasteiger partial charge in [-0.2, -0.15) is 0 Å². The highest BCUT2D eigenvalue weighted by Crippen LogP contribution is 1.94. The van der Waals surface area contributed by atoms with Crippen molar-refractivity contribution in [2.24, 2.45) is 16.8 Å². The van der Waals surface area contributed by atoms with Crippen LogP contribution in [0.15, 0.2) is 28.4 Å². The zero-order chi connectivity index (χ0) is 12.8. The Balaban J connectivity index is 2.63. The highest BCUT2D eigenvalue weighted by atomic mass is 16.4. The van der Waals surface area contributed by atoms with Gasteiger partial charge in [0.15, 0.2) is 5.43 Å². The van der Waals surface area contributed by atoms with Crippen molar-refractivity contribution in [2.75, 3.05) is 6.54 Å². The summed E-state index contributed by atoms with van der Waals surface area (Å²) in [6.45, 7) is 1.87. The van der Waals surface area contributed by atoms with E-state index in [0.29, 0.717) is 0 Å². The number of amidine groups is 1. The Morgan fingerprint density at radius 3 is 3.00 bits per heavy atom. The molecular formula is C10H14N4O3. The fourth-order valence-electron chi connectivity index (χ4n) is 1.14. The third kappa shape index (κ3) is 3.33. The zero-order valence-corrected chi connectivity index (χ0v) is 9.30. The molecule has 1 unspecified atom stereocenters. The molecule has 17 heavy (non-hydrogen) atoms. The number of carbonyl (C=O) groups excluding carboxylic acids is 1. The van der Waals surface area contributed by atoms with Crippen LogP contribution in [0.2, 0.25) is 0 Å². The van der Waals surface area contributed by atoms with Gasteiger partial charge in [-0.05, 0) is 0 Å². The van der Waals surface area contributed by atoms with E-state index in [4.69, 9.17) is 10.9 Å². The van der Waals surface area contributed by atoms with Gasteiger partial charge in [0, 0.05) is 30.9 Å². The number of H-pyrrole nitrogens is 1. The Bertz CT molecular complexity index is 480. The van der Waals surface area contributed by atoms with Crippen LogP contribution in [-0.4, -0.2) is 28.5 Å². The van der Waals surface area contributed by atoms with Crippen molar-refractivity contribution in [2.45, 2.75) is 6.92 Å². The molecule has 0 saturated carbocycles. The first kappa shape index (κ1) is 12.8. The van der Waals surface area contributed by atoms with Gasteiger partial charge in [-0.25, -0.2) is 0 Å². The standard InChI is InChI=1S/C10H14N4O3/c1-6(9(11)14-17)4-13-10(16)7-5-12-3-2-8(7)15/h2-3,5-6,17H,4H2,1H3,(H2,11,14)(H,12,15)(H,13,16). The van der Waals surface area contributed by atoms with Crippen LogP contribution in [0, 0.1) is 5.92 Å². The van der Waals surface area contributed by atoms with Gasteiger partial charge in [0.2, 0.25) is 0 Å². The number of rotatable bonds is 4. The average molecular weight is 238 g/mol. The molecule has 1 atom stereocenters. The number of nitrogens with zero attached hydrogens (tertiary/aromatic N) is 1. The van der Waals surface area contributed by atoms with Crippen molar-refractivity contribution >= 4 is 11.7 Å². The number of aromatic nitrogens is 1. The summed E-state index contributed by atoms with van der Waals surface area (Å²) in [7, 11) is 0. The van der Waals surface area contributed by atoms with Crippen LogP contribution in [0.4, 0.5) is 0 Å². The topological polar surface area (TPSA) is 121 Å². The molecule has 92 valence electrons. The molecule has 7 nitrogen and oxygen atoms in total. The van der Waals surface area contributed by atoms with E-state index < -0.39 is 5.91 Å². The Hall–Kier alpha value is -2.31. The second kappa shape index (κ2) is 5.69. The van der Waals surface area contributed by atoms with Crippen LogP contribution in [0.1, 0.15) is 17.3 Å². The molecule has 0 aliphatic carbocycles. The number of amides is 1. The Kier molecular flexibility index (Phi) is 4.27. The Morgan fingerprint density at radius 1 is 1.71 bits per heavy atom. The van der Waals surface area contributed by atoms with Gasteiger partial charge >= 0.3 is 0 Å². The SMILES string of the molecule is CC(CNC(=O)c1c[nH]ccc1=O)/C(N)=N/O. The maximum absolute atomic E-state index is 11.6. The molecule has 0 saturated heterocycles. The van der Waals surface area contributed by atoms with Gasteiger partial charge in [-0.3, -0.25) is 9.59 Å². The Labute approximate surface area is 97.3 Å². The highest BCUT2D eigenvalue weighted by molar-refractivity contribution is 5.94. The van der Waals surface area contributed by atoms with Gasteiger partial charge in [0.25, 0.3) is 5.91 Å². The van der Waals surface area contributed by atoms with E-state index in [1.807, 2.05) is 0 Å². The van der Waals surface area contributed by atoms with Crippen molar-refractivity contribution in [3.8, 4) is 0 Å². The molecule has 0 bridgehead atoms. The number of aromatic amines is 1. The average Bonchev–Trinajstić information content (AvgIpc) is 2.35. The van der Waals surface area contributed by atoms with Crippen molar-refractivity contribution < 1.29 is 10.0 Å². The molecule has 0 aromatic carbocycles. The van der Waals surface area contributed by atoms with Gasteiger partial charge < -0.3 is 21.2 Å². The lowest BCUT2D eigenvalue weighted by Crippen LogP contribution is -2.36. The van der Waals surface area contributed by atoms with Crippen LogP contribution in [0.5, 0.6) is 0 Å². The number of pyridine rings is 1. The third-order valence-corrected chi connectivity index (χ3v) is 2.26. The summed E-state index contributed by atoms with van der Waals surface area (Å²) in [4.78, 5) is 25.6. The monoisotopic (exact) mass is 238 g/mol. The number of oxime groups is 1. The van der Waals surface area contributed by atoms with Gasteiger partial charge in [-0.1, -0.05) is 12.1 Å². The molecule has 1 aromatic heterocycles. The second-order valence-electron chi connectivity index (χ2n) is 3.56. The molecule has 1 aromatic rings. The molecule has 1 amide bonds. The number of nitrogens with two attached hydrogens (primary N) is 1. The van der Waals surface area contributed by atoms with Crippen LogP contribution >= 0.6 is 0 Å². The predicted octanol–water partition coefficient (Wildman–Crippen LogP) is -0.513. The number of nitrogens with one attached hydrogen (secondary N) is 2. The summed E-state index contributed by atoms with van der Waals surface area (Å²) in [6, 6.07) is 1.27. The lowest BCUT2D eigenvalue weighted by atomic mass is 10.1. The summed E-state index contributed by atoms with van der Waals surface area (Å²) >= 11 is 0. The normalized spacial score (nSPS) is 13.1. The maximum Gasteiger partial charge on any atom is 0.256 e. The van der Waals surface area contributed by atoms with E-state index >= 15 is 0 Å². The molecule has 0 aliphatic rings. The van der Waals surface area contributed by atoms with E-state index in [9.17, 15) is 9.59 Å². The van der Waals surface area contributed by atoms with Crippen LogP contribution in [0.25, 0.3) is 0 Å². The number of carbonyl (C=O) groups is 1. The molecule has 5 N–H and O–H groups in total. The quantitative estimate of drug-likeness (QED) is 0.244. The van der Waals surface area contributed by atoms with Crippen LogP contribution < -0.4 is 16.5 Å². The minimum atomic E-state index is -0.496. The van der Waals surface area contributed by atoms with E-state index in [2.05, 4.69) is 15.5 Å². The molecule has 0 spiro atoms. The smallest absolute Gasteiger partial charge is 0.256 e. The molecule has 0 fully saturated rings. The second-order valence-corrected chi connectivity index (χ2v) is 3.56. The van der Waals surface area contributed by atoms with Gasteiger partial charge in [0.05, 0.1) is 0 Å². The lowest BCUT2D eigenvalue weighted by molar-refractivity contribution is 0.0949. The molecule has 0 aliphatic heterocycles. The maximum atomic E-state index is 11.6. The predicted molar refractivity (Wildman–Crippen MR) is 62.0 cm³/mol. The lowest BCUT2D eigenvalue weighted by Gasteiger charge is -2.10. The minimum absolute atomic E-state index is 0.0206. The summed E-state index contributed by atoms with van der Waals surface area (Å²) in [5, 5.41) is 13.8. The van der Waals surface area contributed by atoms with E-state index in [-0.39, 0.29) is 29.3 Å². The Morgan fingerprint density at radius 2 is 2.41 bits per heavy atom. The summed E-state index contributed by atoms with van der Waals surface area (Å²) < 4.78 is 0. The van der Waals surface area contributed by atoms with E-state index in [1.165, 1.54) is 18.5 Å². The fourth-order valence-corrected chi connectivity index (χ4v) is 1.14. The largest absolute Gasteiger partial charge is 0.409 e. The van der Waals surface area contributed by atoms with Crippen LogP contribution in [-0.2, 0) is 0 Å². The number of hydrogen-bond donors (Lipinski definition) is 4. The van der Waals surface area contributed by atoms with E-state index in [1.54, 1.807) is 6.92 Å². The zero-order valence-electron chi connectivity index (χ0n) is 9.30. The van der Waals surface area contributed by atoms with E-state index in [0.717, 1.165) is 0 Å². The fraction of sp³-hybridized carbons (Fsp3) is 0.300. The third-order valence-electron chi connectivity index (χ3n) is 2.26. The summed E-state index contributed by atoms with van der Waals surface area (Å²) in [5.41, 5.74) is 5.02. The first-order valence-corrected chi connectivity index (χ1v) is 4.99. The first-order valence-electron chi connectivity index (χ1n) is 4.99. The van der Waals surface area contributed by atoms with Crippen molar-refractivity contribution in [3.63, 3.8) is 0 Å². The van der Waals surface area contributed by atoms with Crippen molar-refractivity contribution in [1.29, 1.82) is 0 Å². The van der Waals surface area contributed by atoms with Gasteiger partial charge in [0.1, 0.15) is 11.4 Å². The molecule has 1 heterocycles.